The number of nitrogens with one attached hydrogen (secondary N) is 2. The van der Waals surface area contributed by atoms with Gasteiger partial charge in [-0.05, 0) is 69.9 Å². The maximum Gasteiger partial charge on any atom is 0.216 e. The second kappa shape index (κ2) is 9.20. The second-order valence-electron chi connectivity index (χ2n) is 7.57. The van der Waals surface area contributed by atoms with E-state index in [-0.39, 0.29) is 6.04 Å². The van der Waals surface area contributed by atoms with Crippen molar-refractivity contribution in [3.8, 4) is 5.88 Å². The molecule has 1 aromatic rings. The maximum atomic E-state index is 5.53. The topological polar surface area (TPSA) is 58.5 Å². The number of allylic oxidation sites excluding steroid dienone is 2. The molecule has 2 N–H and O–H groups in total. The number of rotatable bonds is 8. The van der Waals surface area contributed by atoms with E-state index in [0.717, 1.165) is 28.1 Å². The third kappa shape index (κ3) is 4.53. The van der Waals surface area contributed by atoms with Crippen molar-refractivity contribution in [1.29, 1.82) is 0 Å². The Kier molecular flexibility index (Phi) is 6.68. The van der Waals surface area contributed by atoms with E-state index in [1.165, 1.54) is 24.8 Å². The molecule has 1 aliphatic heterocycles. The van der Waals surface area contributed by atoms with Gasteiger partial charge in [0.25, 0.3) is 0 Å². The highest BCUT2D eigenvalue weighted by molar-refractivity contribution is 6.14. The molecule has 150 valence electrons. The van der Waals surface area contributed by atoms with Crippen LogP contribution < -0.4 is 15.4 Å². The highest BCUT2D eigenvalue weighted by atomic mass is 16.5. The molecule has 0 spiro atoms. The van der Waals surface area contributed by atoms with Crippen molar-refractivity contribution in [2.75, 3.05) is 13.7 Å². The quantitative estimate of drug-likeness (QED) is 0.714. The maximum absolute atomic E-state index is 5.53. The smallest absolute Gasteiger partial charge is 0.216 e. The van der Waals surface area contributed by atoms with Crippen LogP contribution in [0.4, 0.5) is 0 Å². The largest absolute Gasteiger partial charge is 0.478 e. The molecule has 1 saturated carbocycles. The van der Waals surface area contributed by atoms with Crippen molar-refractivity contribution in [2.24, 2.45) is 10.9 Å². The summed E-state index contributed by atoms with van der Waals surface area (Å²) in [6.07, 6.45) is 9.85. The molecule has 0 saturated heterocycles. The molecule has 28 heavy (non-hydrogen) atoms. The minimum Gasteiger partial charge on any atom is -0.478 e. The van der Waals surface area contributed by atoms with E-state index in [0.29, 0.717) is 24.9 Å². The van der Waals surface area contributed by atoms with Crippen LogP contribution in [-0.4, -0.2) is 30.4 Å². The van der Waals surface area contributed by atoms with E-state index in [1.807, 2.05) is 27.1 Å². The van der Waals surface area contributed by atoms with Gasteiger partial charge in [0, 0.05) is 35.8 Å². The molecule has 1 aliphatic carbocycles. The Labute approximate surface area is 168 Å². The fraction of sp³-hybridized carbons (Fsp3) is 0.478. The molecule has 3 rings (SSSR count). The first kappa shape index (κ1) is 20.3. The number of aryl methyl sites for hydroxylation is 1. The summed E-state index contributed by atoms with van der Waals surface area (Å²) < 4.78 is 5.53. The third-order valence-corrected chi connectivity index (χ3v) is 5.45. The Morgan fingerprint density at radius 1 is 1.36 bits per heavy atom. The number of aromatic nitrogens is 1. The number of pyridine rings is 1. The SMILES string of the molecule is C=C(C1=NC(C)=CC(NC)/C1=C\NCc1cnc(OCC)c(C)c1)C1CCC1. The van der Waals surface area contributed by atoms with Gasteiger partial charge in [-0.25, -0.2) is 4.98 Å². The van der Waals surface area contributed by atoms with Crippen molar-refractivity contribution in [2.45, 2.75) is 52.6 Å². The second-order valence-corrected chi connectivity index (χ2v) is 7.57. The van der Waals surface area contributed by atoms with Gasteiger partial charge in [0.05, 0.1) is 18.4 Å². The number of hydrogen-bond donors (Lipinski definition) is 2. The summed E-state index contributed by atoms with van der Waals surface area (Å²) in [6.45, 7) is 11.8. The molecule has 0 radical (unpaired) electrons. The first-order chi connectivity index (χ1) is 13.5. The molecule has 5 heteroatoms. The van der Waals surface area contributed by atoms with E-state index < -0.39 is 0 Å². The monoisotopic (exact) mass is 380 g/mol. The van der Waals surface area contributed by atoms with Crippen LogP contribution in [0.2, 0.25) is 0 Å². The van der Waals surface area contributed by atoms with Crippen molar-refractivity contribution in [3.63, 3.8) is 0 Å². The zero-order valence-corrected chi connectivity index (χ0v) is 17.5. The van der Waals surface area contributed by atoms with Gasteiger partial charge in [0.1, 0.15) is 0 Å². The molecule has 1 atom stereocenters. The lowest BCUT2D eigenvalue weighted by Gasteiger charge is -2.32. The minimum absolute atomic E-state index is 0.136. The van der Waals surface area contributed by atoms with Crippen molar-refractivity contribution >= 4 is 5.71 Å². The van der Waals surface area contributed by atoms with Gasteiger partial charge >= 0.3 is 0 Å². The van der Waals surface area contributed by atoms with Gasteiger partial charge in [0.15, 0.2) is 0 Å². The van der Waals surface area contributed by atoms with Crippen LogP contribution in [0.25, 0.3) is 0 Å². The van der Waals surface area contributed by atoms with Gasteiger partial charge in [-0.3, -0.25) is 4.99 Å². The fourth-order valence-corrected chi connectivity index (χ4v) is 3.64. The van der Waals surface area contributed by atoms with Gasteiger partial charge in [-0.1, -0.05) is 13.0 Å². The van der Waals surface area contributed by atoms with Crippen molar-refractivity contribution < 1.29 is 4.74 Å². The van der Waals surface area contributed by atoms with Crippen LogP contribution in [0.1, 0.15) is 44.2 Å². The highest BCUT2D eigenvalue weighted by Gasteiger charge is 2.29. The predicted molar refractivity (Wildman–Crippen MR) is 116 cm³/mol. The Morgan fingerprint density at radius 2 is 2.14 bits per heavy atom. The lowest BCUT2D eigenvalue weighted by molar-refractivity contribution is 0.324. The molecule has 1 fully saturated rings. The summed E-state index contributed by atoms with van der Waals surface area (Å²) in [5.41, 5.74) is 6.58. The Morgan fingerprint density at radius 3 is 2.75 bits per heavy atom. The van der Waals surface area contributed by atoms with E-state index in [4.69, 9.17) is 9.73 Å². The molecule has 5 nitrogen and oxygen atoms in total. The van der Waals surface area contributed by atoms with Gasteiger partial charge in [0.2, 0.25) is 5.88 Å². The number of aliphatic imine (C=N–C) groups is 1. The normalized spacial score (nSPS) is 21.0. The average molecular weight is 381 g/mol. The third-order valence-electron chi connectivity index (χ3n) is 5.45. The van der Waals surface area contributed by atoms with Crippen LogP contribution in [0, 0.1) is 12.8 Å². The molecule has 2 aliphatic rings. The van der Waals surface area contributed by atoms with E-state index in [2.05, 4.69) is 47.5 Å². The summed E-state index contributed by atoms with van der Waals surface area (Å²) in [5, 5.41) is 6.84. The Bertz CT molecular complexity index is 818. The molecular weight excluding hydrogens is 348 g/mol. The minimum atomic E-state index is 0.136. The van der Waals surface area contributed by atoms with Crippen LogP contribution in [0.15, 0.2) is 53.0 Å². The summed E-state index contributed by atoms with van der Waals surface area (Å²) in [5.74, 6) is 1.28. The van der Waals surface area contributed by atoms with E-state index in [1.54, 1.807) is 0 Å². The highest BCUT2D eigenvalue weighted by Crippen LogP contribution is 2.35. The zero-order valence-electron chi connectivity index (χ0n) is 17.5. The molecule has 1 unspecified atom stereocenters. The number of nitrogens with zero attached hydrogens (tertiary/aromatic N) is 2. The average Bonchev–Trinajstić information content (AvgIpc) is 2.63. The van der Waals surface area contributed by atoms with Crippen molar-refractivity contribution in [3.05, 3.63) is 59.1 Å². The molecule has 1 aromatic heterocycles. The Balaban J connectivity index is 1.75. The molecule has 0 amide bonds. The molecule has 2 heterocycles. The van der Waals surface area contributed by atoms with Crippen LogP contribution >= 0.6 is 0 Å². The summed E-state index contributed by atoms with van der Waals surface area (Å²) in [4.78, 5) is 9.25. The van der Waals surface area contributed by atoms with Crippen molar-refractivity contribution in [1.82, 2.24) is 15.6 Å². The van der Waals surface area contributed by atoms with Crippen LogP contribution in [0.3, 0.4) is 0 Å². The van der Waals surface area contributed by atoms with E-state index in [9.17, 15) is 0 Å². The first-order valence-corrected chi connectivity index (χ1v) is 10.2. The summed E-state index contributed by atoms with van der Waals surface area (Å²) >= 11 is 0. The van der Waals surface area contributed by atoms with Gasteiger partial charge < -0.3 is 15.4 Å². The number of hydrogen-bond acceptors (Lipinski definition) is 5. The summed E-state index contributed by atoms with van der Waals surface area (Å²) in [7, 11) is 1.98. The summed E-state index contributed by atoms with van der Waals surface area (Å²) in [6, 6.07) is 2.25. The van der Waals surface area contributed by atoms with Crippen LogP contribution in [-0.2, 0) is 6.54 Å². The lowest BCUT2D eigenvalue weighted by Crippen LogP contribution is -2.35. The van der Waals surface area contributed by atoms with Gasteiger partial charge in [-0.2, -0.15) is 0 Å². The predicted octanol–water partition coefficient (Wildman–Crippen LogP) is 4.06. The Hall–Kier alpha value is -2.40. The molecule has 0 bridgehead atoms. The first-order valence-electron chi connectivity index (χ1n) is 10.2. The number of ether oxygens (including phenoxy) is 1. The van der Waals surface area contributed by atoms with E-state index >= 15 is 0 Å². The standard InChI is InChI=1S/C23H32N4O/c1-6-28-23-15(2)10-18(13-26-23)12-25-14-20-21(24-5)11-16(3)27-22(20)17(4)19-8-7-9-19/h10-11,13-14,19,21,24-25H,4,6-9,12H2,1-3,5H3/b20-14+. The number of likely N-dealkylation sites (N-methyl/N-ethyl adjacent to an activating group) is 1. The van der Waals surface area contributed by atoms with Gasteiger partial charge in [-0.15, -0.1) is 0 Å². The fourth-order valence-electron chi connectivity index (χ4n) is 3.64. The molecular formula is C23H32N4O. The van der Waals surface area contributed by atoms with Crippen LogP contribution in [0.5, 0.6) is 5.88 Å². The lowest BCUT2D eigenvalue weighted by atomic mass is 9.76. The molecule has 0 aromatic carbocycles. The zero-order chi connectivity index (χ0) is 20.1.